The summed E-state index contributed by atoms with van der Waals surface area (Å²) in [4.78, 5) is 11.0. The molecule has 5 heteroatoms. The van der Waals surface area contributed by atoms with Crippen molar-refractivity contribution in [2.45, 2.75) is 20.3 Å². The molecular weight excluding hydrogens is 266 g/mol. The van der Waals surface area contributed by atoms with Gasteiger partial charge in [-0.2, -0.15) is 0 Å². The number of rotatable bonds is 8. The Hall–Kier alpha value is -1.26. The van der Waals surface area contributed by atoms with Crippen molar-refractivity contribution in [3.63, 3.8) is 0 Å². The second-order valence-electron chi connectivity index (χ2n) is 4.72. The van der Waals surface area contributed by atoms with Crippen LogP contribution in [0.15, 0.2) is 18.2 Å². The second-order valence-corrected chi connectivity index (χ2v) is 5.15. The number of hydrogen-bond donors (Lipinski definition) is 2. The van der Waals surface area contributed by atoms with Crippen LogP contribution in [0.4, 0.5) is 5.69 Å². The number of nitrogens with one attached hydrogen (secondary N) is 1. The van der Waals surface area contributed by atoms with E-state index in [1.165, 1.54) is 6.07 Å². The summed E-state index contributed by atoms with van der Waals surface area (Å²) < 4.78 is 5.45. The van der Waals surface area contributed by atoms with Gasteiger partial charge >= 0.3 is 5.97 Å². The lowest BCUT2D eigenvalue weighted by atomic mass is 10.1. The highest BCUT2D eigenvalue weighted by Crippen LogP contribution is 2.20. The molecule has 0 aliphatic carbocycles. The molecule has 1 aromatic rings. The summed E-state index contributed by atoms with van der Waals surface area (Å²) in [5, 5.41) is 12.6. The number of carbonyl (C=O) groups is 1. The molecule has 0 saturated heterocycles. The largest absolute Gasteiger partial charge is 0.478 e. The minimum atomic E-state index is -0.972. The van der Waals surface area contributed by atoms with E-state index in [2.05, 4.69) is 19.2 Å². The van der Waals surface area contributed by atoms with E-state index in [0.717, 1.165) is 13.0 Å². The van der Waals surface area contributed by atoms with E-state index in [1.807, 2.05) is 0 Å². The molecule has 0 aliphatic heterocycles. The Morgan fingerprint density at radius 3 is 2.79 bits per heavy atom. The summed E-state index contributed by atoms with van der Waals surface area (Å²) in [7, 11) is 0. The van der Waals surface area contributed by atoms with E-state index in [1.54, 1.807) is 12.1 Å². The van der Waals surface area contributed by atoms with Crippen LogP contribution >= 0.6 is 11.6 Å². The molecule has 0 unspecified atom stereocenters. The van der Waals surface area contributed by atoms with Crippen LogP contribution in [0.1, 0.15) is 30.6 Å². The molecule has 0 radical (unpaired) electrons. The van der Waals surface area contributed by atoms with Gasteiger partial charge in [-0.05, 0) is 30.5 Å². The first-order valence-electron chi connectivity index (χ1n) is 6.35. The van der Waals surface area contributed by atoms with Gasteiger partial charge in [-0.15, -0.1) is 0 Å². The molecule has 0 atom stereocenters. The number of halogens is 1. The molecule has 0 aliphatic rings. The zero-order chi connectivity index (χ0) is 14.3. The Labute approximate surface area is 118 Å². The fourth-order valence-electron chi connectivity index (χ4n) is 1.53. The predicted octanol–water partition coefficient (Wildman–Crippen LogP) is 3.51. The third-order valence-corrected chi connectivity index (χ3v) is 2.85. The lowest BCUT2D eigenvalue weighted by molar-refractivity contribution is 0.0697. The normalized spacial score (nSPS) is 10.7. The van der Waals surface area contributed by atoms with Crippen LogP contribution in [-0.2, 0) is 4.74 Å². The van der Waals surface area contributed by atoms with Crippen molar-refractivity contribution < 1.29 is 14.6 Å². The van der Waals surface area contributed by atoms with Crippen LogP contribution in [0.25, 0.3) is 0 Å². The van der Waals surface area contributed by atoms with Gasteiger partial charge in [0.25, 0.3) is 0 Å². The lowest BCUT2D eigenvalue weighted by Gasteiger charge is -2.11. The maximum Gasteiger partial charge on any atom is 0.337 e. The van der Waals surface area contributed by atoms with Gasteiger partial charge in [0, 0.05) is 18.2 Å². The van der Waals surface area contributed by atoms with Gasteiger partial charge in [-0.1, -0.05) is 25.4 Å². The highest BCUT2D eigenvalue weighted by molar-refractivity contribution is 6.31. The van der Waals surface area contributed by atoms with Crippen LogP contribution in [0.5, 0.6) is 0 Å². The molecule has 0 bridgehead atoms. The van der Waals surface area contributed by atoms with E-state index in [9.17, 15) is 4.79 Å². The third-order valence-electron chi connectivity index (χ3n) is 2.61. The molecule has 4 nitrogen and oxygen atoms in total. The van der Waals surface area contributed by atoms with Crippen molar-refractivity contribution >= 4 is 23.3 Å². The number of hydrogen-bond acceptors (Lipinski definition) is 3. The molecule has 0 spiro atoms. The average molecular weight is 286 g/mol. The van der Waals surface area contributed by atoms with Gasteiger partial charge in [0.1, 0.15) is 0 Å². The van der Waals surface area contributed by atoms with Crippen molar-refractivity contribution in [3.05, 3.63) is 28.8 Å². The Balaban J connectivity index is 2.40. The van der Waals surface area contributed by atoms with Gasteiger partial charge in [0.15, 0.2) is 0 Å². The highest BCUT2D eigenvalue weighted by atomic mass is 35.5. The predicted molar refractivity (Wildman–Crippen MR) is 77.2 cm³/mol. The van der Waals surface area contributed by atoms with Crippen molar-refractivity contribution in [3.8, 4) is 0 Å². The molecule has 1 aromatic carbocycles. The molecular formula is C14H20ClNO3. The van der Waals surface area contributed by atoms with E-state index < -0.39 is 5.97 Å². The molecule has 0 saturated carbocycles. The monoisotopic (exact) mass is 285 g/mol. The fourth-order valence-corrected chi connectivity index (χ4v) is 1.70. The van der Waals surface area contributed by atoms with Crippen LogP contribution in [0.2, 0.25) is 5.02 Å². The molecule has 0 aromatic heterocycles. The Morgan fingerprint density at radius 2 is 2.16 bits per heavy atom. The van der Waals surface area contributed by atoms with Crippen molar-refractivity contribution in [2.75, 3.05) is 25.1 Å². The summed E-state index contributed by atoms with van der Waals surface area (Å²) in [6.07, 6.45) is 1.03. The summed E-state index contributed by atoms with van der Waals surface area (Å²) >= 11 is 5.85. The van der Waals surface area contributed by atoms with Crippen molar-refractivity contribution in [1.82, 2.24) is 0 Å². The number of carboxylic acids is 1. The first-order chi connectivity index (χ1) is 9.00. The van der Waals surface area contributed by atoms with Gasteiger partial charge in [0.05, 0.1) is 17.9 Å². The number of benzene rings is 1. The van der Waals surface area contributed by atoms with E-state index in [0.29, 0.717) is 29.8 Å². The van der Waals surface area contributed by atoms with Crippen LogP contribution in [0, 0.1) is 5.92 Å². The molecule has 0 heterocycles. The van der Waals surface area contributed by atoms with Gasteiger partial charge < -0.3 is 15.2 Å². The zero-order valence-corrected chi connectivity index (χ0v) is 12.0. The maximum absolute atomic E-state index is 11.0. The number of carboxylic acid groups (broad SMARTS) is 1. The smallest absolute Gasteiger partial charge is 0.337 e. The van der Waals surface area contributed by atoms with Crippen LogP contribution < -0.4 is 5.32 Å². The van der Waals surface area contributed by atoms with Gasteiger partial charge in [-0.25, -0.2) is 4.79 Å². The number of aromatic carboxylic acids is 1. The van der Waals surface area contributed by atoms with Crippen molar-refractivity contribution in [1.29, 1.82) is 0 Å². The molecule has 1 rings (SSSR count). The lowest BCUT2D eigenvalue weighted by Crippen LogP contribution is -2.13. The molecule has 19 heavy (non-hydrogen) atoms. The first-order valence-corrected chi connectivity index (χ1v) is 6.73. The van der Waals surface area contributed by atoms with Crippen LogP contribution in [-0.4, -0.2) is 30.8 Å². The van der Waals surface area contributed by atoms with Gasteiger partial charge in [0.2, 0.25) is 0 Å². The second kappa shape index (κ2) is 8.02. The molecule has 2 N–H and O–H groups in total. The molecule has 106 valence electrons. The minimum absolute atomic E-state index is 0.214. The molecule has 0 fully saturated rings. The Kier molecular flexibility index (Phi) is 6.67. The quantitative estimate of drug-likeness (QED) is 0.718. The fraction of sp³-hybridized carbons (Fsp3) is 0.500. The van der Waals surface area contributed by atoms with Gasteiger partial charge in [-0.3, -0.25) is 0 Å². The summed E-state index contributed by atoms with van der Waals surface area (Å²) in [6.45, 7) is 6.11. The highest BCUT2D eigenvalue weighted by Gasteiger charge is 2.09. The SMILES string of the molecule is CC(C)CCOCCNc1cc(Cl)ccc1C(=O)O. The van der Waals surface area contributed by atoms with E-state index >= 15 is 0 Å². The van der Waals surface area contributed by atoms with Crippen LogP contribution in [0.3, 0.4) is 0 Å². The standard InChI is InChI=1S/C14H20ClNO3/c1-10(2)5-7-19-8-6-16-13-9-11(15)3-4-12(13)14(17)18/h3-4,9-10,16H,5-8H2,1-2H3,(H,17,18). The minimum Gasteiger partial charge on any atom is -0.478 e. The Bertz CT molecular complexity index is 421. The first kappa shape index (κ1) is 15.8. The zero-order valence-electron chi connectivity index (χ0n) is 11.3. The summed E-state index contributed by atoms with van der Waals surface area (Å²) in [6, 6.07) is 4.67. The Morgan fingerprint density at radius 1 is 1.42 bits per heavy atom. The average Bonchev–Trinajstić information content (AvgIpc) is 2.33. The van der Waals surface area contributed by atoms with Crippen molar-refractivity contribution in [2.24, 2.45) is 5.92 Å². The van der Waals surface area contributed by atoms with E-state index in [-0.39, 0.29) is 5.56 Å². The summed E-state index contributed by atoms with van der Waals surface area (Å²) in [5.41, 5.74) is 0.735. The number of ether oxygens (including phenoxy) is 1. The summed E-state index contributed by atoms with van der Waals surface area (Å²) in [5.74, 6) is -0.348. The number of anilines is 1. The third kappa shape index (κ3) is 5.94. The maximum atomic E-state index is 11.0. The van der Waals surface area contributed by atoms with E-state index in [4.69, 9.17) is 21.4 Å². The topological polar surface area (TPSA) is 58.6 Å². The molecule has 0 amide bonds.